The van der Waals surface area contributed by atoms with Crippen LogP contribution in [0.3, 0.4) is 0 Å². The van der Waals surface area contributed by atoms with Crippen molar-refractivity contribution in [1.29, 1.82) is 0 Å². The summed E-state index contributed by atoms with van der Waals surface area (Å²) in [4.78, 5) is 7.60. The summed E-state index contributed by atoms with van der Waals surface area (Å²) in [6.45, 7) is 9.92. The molecule has 0 atom stereocenters. The second-order valence-corrected chi connectivity index (χ2v) is 5.66. The molecule has 2 rings (SSSR count). The minimum absolute atomic E-state index is 0.854. The summed E-state index contributed by atoms with van der Waals surface area (Å²) in [6, 6.07) is 0.854. The van der Waals surface area contributed by atoms with Crippen LogP contribution in [0.25, 0.3) is 0 Å². The smallest absolute Gasteiger partial charge is 0.0120 e. The van der Waals surface area contributed by atoms with Crippen LogP contribution in [0.5, 0.6) is 0 Å². The molecule has 0 aromatic carbocycles. The third-order valence-electron chi connectivity index (χ3n) is 4.10. The molecule has 17 heavy (non-hydrogen) atoms. The molecule has 100 valence electrons. The fourth-order valence-electron chi connectivity index (χ4n) is 2.87. The number of hydrogen-bond acceptors (Lipinski definition) is 4. The molecule has 0 aromatic heterocycles. The third-order valence-corrected chi connectivity index (χ3v) is 4.10. The fraction of sp³-hybridized carbons (Fsp3) is 1.00. The van der Waals surface area contributed by atoms with E-state index in [1.54, 1.807) is 0 Å². The predicted molar refractivity (Wildman–Crippen MR) is 72.5 cm³/mol. The van der Waals surface area contributed by atoms with Crippen molar-refractivity contribution in [2.45, 2.75) is 18.9 Å². The second-order valence-electron chi connectivity index (χ2n) is 5.66. The first-order valence-corrected chi connectivity index (χ1v) is 7.07. The lowest BCUT2D eigenvalue weighted by Gasteiger charge is -2.41. The zero-order valence-electron chi connectivity index (χ0n) is 11.5. The van der Waals surface area contributed by atoms with E-state index in [9.17, 15) is 0 Å². The summed E-state index contributed by atoms with van der Waals surface area (Å²) in [5.74, 6) is 0. The number of piperazine rings is 1. The maximum Gasteiger partial charge on any atom is 0.0120 e. The van der Waals surface area contributed by atoms with Crippen LogP contribution in [0.4, 0.5) is 0 Å². The van der Waals surface area contributed by atoms with Gasteiger partial charge in [0.15, 0.2) is 0 Å². The predicted octanol–water partition coefficient (Wildman–Crippen LogP) is -0.0824. The molecule has 0 radical (unpaired) electrons. The zero-order valence-corrected chi connectivity index (χ0v) is 11.5. The summed E-state index contributed by atoms with van der Waals surface area (Å²) >= 11 is 0. The van der Waals surface area contributed by atoms with Gasteiger partial charge in [0.05, 0.1) is 0 Å². The van der Waals surface area contributed by atoms with E-state index in [2.05, 4.69) is 34.1 Å². The molecule has 0 spiro atoms. The lowest BCUT2D eigenvalue weighted by Crippen LogP contribution is -2.53. The van der Waals surface area contributed by atoms with Crippen molar-refractivity contribution in [3.05, 3.63) is 0 Å². The number of hydrogen-bond donors (Lipinski definition) is 1. The Bertz CT molecular complexity index is 205. The number of rotatable bonds is 4. The molecular weight excluding hydrogens is 212 g/mol. The SMILES string of the molecule is CN(C)CCN1CCN(C2CCNCC2)CC1. The molecule has 0 bridgehead atoms. The van der Waals surface area contributed by atoms with Gasteiger partial charge in [0.25, 0.3) is 0 Å². The molecule has 2 fully saturated rings. The number of nitrogens with one attached hydrogen (secondary N) is 1. The normalized spacial score (nSPS) is 25.6. The molecule has 2 aliphatic rings. The molecule has 0 aliphatic carbocycles. The first kappa shape index (κ1) is 13.3. The van der Waals surface area contributed by atoms with Gasteiger partial charge in [-0.15, -0.1) is 0 Å². The quantitative estimate of drug-likeness (QED) is 0.742. The van der Waals surface area contributed by atoms with E-state index in [0.29, 0.717) is 0 Å². The van der Waals surface area contributed by atoms with Crippen LogP contribution in [0, 0.1) is 0 Å². The fourth-order valence-corrected chi connectivity index (χ4v) is 2.87. The Morgan fingerprint density at radius 2 is 1.71 bits per heavy atom. The Morgan fingerprint density at radius 3 is 2.29 bits per heavy atom. The molecular formula is C13H28N4. The highest BCUT2D eigenvalue weighted by atomic mass is 15.3. The van der Waals surface area contributed by atoms with E-state index >= 15 is 0 Å². The maximum atomic E-state index is 3.45. The van der Waals surface area contributed by atoms with Gasteiger partial charge in [0, 0.05) is 45.3 Å². The van der Waals surface area contributed by atoms with Crippen LogP contribution >= 0.6 is 0 Å². The van der Waals surface area contributed by atoms with Crippen molar-refractivity contribution in [1.82, 2.24) is 20.0 Å². The van der Waals surface area contributed by atoms with E-state index in [1.165, 1.54) is 65.2 Å². The van der Waals surface area contributed by atoms with Crippen LogP contribution < -0.4 is 5.32 Å². The largest absolute Gasteiger partial charge is 0.317 e. The lowest BCUT2D eigenvalue weighted by molar-refractivity contribution is 0.0787. The standard InChI is InChI=1S/C13H28N4/c1-15(2)7-8-16-9-11-17(12-10-16)13-3-5-14-6-4-13/h13-14H,3-12H2,1-2H3. The van der Waals surface area contributed by atoms with Gasteiger partial charge >= 0.3 is 0 Å². The first-order chi connectivity index (χ1) is 8.25. The van der Waals surface area contributed by atoms with Crippen molar-refractivity contribution < 1.29 is 0 Å². The van der Waals surface area contributed by atoms with E-state index in [-0.39, 0.29) is 0 Å². The van der Waals surface area contributed by atoms with Crippen molar-refractivity contribution >= 4 is 0 Å². The molecule has 0 amide bonds. The Balaban J connectivity index is 1.66. The van der Waals surface area contributed by atoms with Crippen molar-refractivity contribution in [2.24, 2.45) is 0 Å². The summed E-state index contributed by atoms with van der Waals surface area (Å²) < 4.78 is 0. The summed E-state index contributed by atoms with van der Waals surface area (Å²) in [7, 11) is 4.32. The van der Waals surface area contributed by atoms with Crippen molar-refractivity contribution in [3.8, 4) is 0 Å². The number of nitrogens with zero attached hydrogens (tertiary/aromatic N) is 3. The Morgan fingerprint density at radius 1 is 1.06 bits per heavy atom. The molecule has 0 unspecified atom stereocenters. The lowest BCUT2D eigenvalue weighted by atomic mass is 10.0. The van der Waals surface area contributed by atoms with E-state index in [0.717, 1.165) is 6.04 Å². The van der Waals surface area contributed by atoms with Gasteiger partial charge < -0.3 is 10.2 Å². The van der Waals surface area contributed by atoms with Crippen LogP contribution in [-0.2, 0) is 0 Å². The topological polar surface area (TPSA) is 21.8 Å². The van der Waals surface area contributed by atoms with E-state index in [1.807, 2.05) is 0 Å². The average molecular weight is 240 g/mol. The molecule has 0 saturated carbocycles. The van der Waals surface area contributed by atoms with E-state index in [4.69, 9.17) is 0 Å². The van der Waals surface area contributed by atoms with Gasteiger partial charge in [-0.25, -0.2) is 0 Å². The van der Waals surface area contributed by atoms with Crippen LogP contribution in [0.2, 0.25) is 0 Å². The minimum atomic E-state index is 0.854. The molecule has 2 saturated heterocycles. The highest BCUT2D eigenvalue weighted by Gasteiger charge is 2.24. The van der Waals surface area contributed by atoms with E-state index < -0.39 is 0 Å². The number of likely N-dealkylation sites (N-methyl/N-ethyl adjacent to an activating group) is 1. The van der Waals surface area contributed by atoms with Crippen molar-refractivity contribution in [3.63, 3.8) is 0 Å². The number of piperidine rings is 1. The van der Waals surface area contributed by atoms with Crippen LogP contribution in [-0.4, -0.2) is 87.2 Å². The first-order valence-electron chi connectivity index (χ1n) is 7.07. The Hall–Kier alpha value is -0.160. The highest BCUT2D eigenvalue weighted by Crippen LogP contribution is 2.14. The third kappa shape index (κ3) is 4.21. The van der Waals surface area contributed by atoms with Gasteiger partial charge in [0.1, 0.15) is 0 Å². The van der Waals surface area contributed by atoms with Gasteiger partial charge in [-0.3, -0.25) is 9.80 Å². The van der Waals surface area contributed by atoms with Gasteiger partial charge in [-0.1, -0.05) is 0 Å². The summed E-state index contributed by atoms with van der Waals surface area (Å²) in [5.41, 5.74) is 0. The van der Waals surface area contributed by atoms with Crippen LogP contribution in [0.1, 0.15) is 12.8 Å². The van der Waals surface area contributed by atoms with Gasteiger partial charge in [-0.2, -0.15) is 0 Å². The maximum absolute atomic E-state index is 3.45. The zero-order chi connectivity index (χ0) is 12.1. The van der Waals surface area contributed by atoms with Crippen molar-refractivity contribution in [2.75, 3.05) is 66.5 Å². The van der Waals surface area contributed by atoms with Gasteiger partial charge in [-0.05, 0) is 40.0 Å². The molecule has 2 heterocycles. The average Bonchev–Trinajstić information content (AvgIpc) is 2.38. The molecule has 1 N–H and O–H groups in total. The monoisotopic (exact) mass is 240 g/mol. The Kier molecular flexibility index (Phi) is 5.22. The molecule has 4 heteroatoms. The summed E-state index contributed by atoms with van der Waals surface area (Å²) in [5, 5.41) is 3.45. The van der Waals surface area contributed by atoms with Gasteiger partial charge in [0.2, 0.25) is 0 Å². The molecule has 0 aromatic rings. The molecule has 2 aliphatic heterocycles. The second kappa shape index (κ2) is 6.69. The minimum Gasteiger partial charge on any atom is -0.317 e. The Labute approximate surface area is 106 Å². The highest BCUT2D eigenvalue weighted by molar-refractivity contribution is 4.82. The summed E-state index contributed by atoms with van der Waals surface area (Å²) in [6.07, 6.45) is 2.69. The van der Waals surface area contributed by atoms with Crippen LogP contribution in [0.15, 0.2) is 0 Å². The molecule has 4 nitrogen and oxygen atoms in total.